The zero-order valence-corrected chi connectivity index (χ0v) is 13.2. The van der Waals surface area contributed by atoms with Crippen LogP contribution in [0.2, 0.25) is 0 Å². The molecule has 0 heterocycles. The lowest BCUT2D eigenvalue weighted by Crippen LogP contribution is -2.37. The van der Waals surface area contributed by atoms with Crippen molar-refractivity contribution in [2.24, 2.45) is 0 Å². The molecule has 0 bridgehead atoms. The van der Waals surface area contributed by atoms with Gasteiger partial charge >= 0.3 is 0 Å². The average Bonchev–Trinajstić information content (AvgIpc) is 2.96. The number of carbonyl (C=O) groups is 2. The molecule has 0 atom stereocenters. The molecular weight excluding hydrogens is 284 g/mol. The maximum absolute atomic E-state index is 11.7. The van der Waals surface area contributed by atoms with Gasteiger partial charge in [0.15, 0.2) is 0 Å². The van der Waals surface area contributed by atoms with Crippen LogP contribution < -0.4 is 10.6 Å². The first kappa shape index (κ1) is 15.9. The number of benzene rings is 1. The lowest BCUT2D eigenvalue weighted by atomic mass is 10.1. The van der Waals surface area contributed by atoms with Gasteiger partial charge in [0.2, 0.25) is 11.8 Å². The van der Waals surface area contributed by atoms with Crippen LogP contribution >= 0.6 is 11.8 Å². The molecule has 2 N–H and O–H groups in total. The summed E-state index contributed by atoms with van der Waals surface area (Å²) in [5, 5.41) is 5.37. The summed E-state index contributed by atoms with van der Waals surface area (Å²) < 4.78 is 0. The van der Waals surface area contributed by atoms with E-state index in [1.807, 2.05) is 6.92 Å². The van der Waals surface area contributed by atoms with Gasteiger partial charge in [-0.2, -0.15) is 0 Å². The number of hydrogen-bond donors (Lipinski definition) is 2. The number of nitrogens with one attached hydrogen (secondary N) is 2. The molecule has 5 heteroatoms. The molecule has 0 aliphatic heterocycles. The molecule has 1 aromatic rings. The second kappa shape index (κ2) is 8.08. The predicted octanol–water partition coefficient (Wildman–Crippen LogP) is 1.91. The van der Waals surface area contributed by atoms with Crippen molar-refractivity contribution in [2.45, 2.75) is 37.5 Å². The second-order valence-electron chi connectivity index (χ2n) is 5.20. The van der Waals surface area contributed by atoms with Gasteiger partial charge in [-0.1, -0.05) is 13.0 Å². The van der Waals surface area contributed by atoms with Gasteiger partial charge in [-0.3, -0.25) is 9.59 Å². The van der Waals surface area contributed by atoms with Crippen LogP contribution in [0, 0.1) is 0 Å². The summed E-state index contributed by atoms with van der Waals surface area (Å²) in [6.45, 7) is 2.70. The fourth-order valence-corrected chi connectivity index (χ4v) is 3.13. The Bertz CT molecular complexity index is 517. The lowest BCUT2D eigenvalue weighted by Gasteiger charge is -2.07. The highest BCUT2D eigenvalue weighted by Gasteiger charge is 2.11. The first-order chi connectivity index (χ1) is 10.2. The van der Waals surface area contributed by atoms with Crippen molar-refractivity contribution in [1.82, 2.24) is 10.6 Å². The first-order valence-electron chi connectivity index (χ1n) is 7.47. The monoisotopic (exact) mass is 306 g/mol. The number of hydrogen-bond acceptors (Lipinski definition) is 3. The van der Waals surface area contributed by atoms with Gasteiger partial charge in [0, 0.05) is 11.4 Å². The van der Waals surface area contributed by atoms with Crippen molar-refractivity contribution in [3.05, 3.63) is 29.3 Å². The molecule has 0 unspecified atom stereocenters. The number of carbonyl (C=O) groups excluding carboxylic acids is 2. The van der Waals surface area contributed by atoms with Crippen LogP contribution in [0.1, 0.15) is 30.9 Å². The average molecular weight is 306 g/mol. The van der Waals surface area contributed by atoms with Gasteiger partial charge in [-0.05, 0) is 48.9 Å². The van der Waals surface area contributed by atoms with E-state index in [-0.39, 0.29) is 18.4 Å². The number of amides is 2. The number of fused-ring (bicyclic) bond motifs is 1. The van der Waals surface area contributed by atoms with Gasteiger partial charge in [0.1, 0.15) is 0 Å². The van der Waals surface area contributed by atoms with E-state index in [4.69, 9.17) is 0 Å². The number of rotatable bonds is 7. The van der Waals surface area contributed by atoms with Gasteiger partial charge in [-0.15, -0.1) is 11.8 Å². The largest absolute Gasteiger partial charge is 0.355 e. The molecule has 1 aliphatic rings. The Labute approximate surface area is 130 Å². The van der Waals surface area contributed by atoms with Crippen LogP contribution in [0.25, 0.3) is 0 Å². The molecule has 114 valence electrons. The molecule has 0 fully saturated rings. The van der Waals surface area contributed by atoms with E-state index in [0.717, 1.165) is 17.7 Å². The zero-order valence-electron chi connectivity index (χ0n) is 12.4. The minimum Gasteiger partial charge on any atom is -0.355 e. The molecule has 21 heavy (non-hydrogen) atoms. The molecule has 2 rings (SSSR count). The van der Waals surface area contributed by atoms with Crippen LogP contribution in [-0.4, -0.2) is 30.7 Å². The van der Waals surface area contributed by atoms with Crippen molar-refractivity contribution in [1.29, 1.82) is 0 Å². The quantitative estimate of drug-likeness (QED) is 0.757. The maximum Gasteiger partial charge on any atom is 0.239 e. The van der Waals surface area contributed by atoms with Gasteiger partial charge in [0.25, 0.3) is 0 Å². The summed E-state index contributed by atoms with van der Waals surface area (Å²) in [6.07, 6.45) is 4.45. The minimum atomic E-state index is -0.132. The third-order valence-corrected chi connectivity index (χ3v) is 4.45. The van der Waals surface area contributed by atoms with Crippen molar-refractivity contribution in [3.8, 4) is 0 Å². The Hall–Kier alpha value is -1.49. The van der Waals surface area contributed by atoms with Gasteiger partial charge in [-0.25, -0.2) is 0 Å². The fraction of sp³-hybridized carbons (Fsp3) is 0.500. The fourth-order valence-electron chi connectivity index (χ4n) is 2.34. The normalized spacial score (nSPS) is 12.8. The third kappa shape index (κ3) is 5.08. The van der Waals surface area contributed by atoms with Crippen molar-refractivity contribution in [3.63, 3.8) is 0 Å². The Morgan fingerprint density at radius 1 is 1.14 bits per heavy atom. The molecule has 0 radical (unpaired) electrons. The molecule has 4 nitrogen and oxygen atoms in total. The Kier molecular flexibility index (Phi) is 6.11. The second-order valence-corrected chi connectivity index (χ2v) is 6.25. The van der Waals surface area contributed by atoms with Crippen LogP contribution in [0.5, 0.6) is 0 Å². The number of aryl methyl sites for hydroxylation is 2. The minimum absolute atomic E-state index is 0.0591. The molecule has 0 saturated carbocycles. The van der Waals surface area contributed by atoms with E-state index in [0.29, 0.717) is 12.3 Å². The predicted molar refractivity (Wildman–Crippen MR) is 85.5 cm³/mol. The lowest BCUT2D eigenvalue weighted by molar-refractivity contribution is -0.124. The highest BCUT2D eigenvalue weighted by molar-refractivity contribution is 8.00. The van der Waals surface area contributed by atoms with E-state index in [1.54, 1.807) is 0 Å². The van der Waals surface area contributed by atoms with Crippen molar-refractivity contribution in [2.75, 3.05) is 18.8 Å². The summed E-state index contributed by atoms with van der Waals surface area (Å²) in [6, 6.07) is 6.44. The van der Waals surface area contributed by atoms with E-state index >= 15 is 0 Å². The molecule has 0 aromatic heterocycles. The topological polar surface area (TPSA) is 58.2 Å². The summed E-state index contributed by atoms with van der Waals surface area (Å²) in [7, 11) is 0. The van der Waals surface area contributed by atoms with E-state index in [9.17, 15) is 9.59 Å². The molecule has 1 aromatic carbocycles. The van der Waals surface area contributed by atoms with Crippen LogP contribution in [0.4, 0.5) is 0 Å². The Morgan fingerprint density at radius 2 is 1.95 bits per heavy atom. The van der Waals surface area contributed by atoms with E-state index in [2.05, 4.69) is 28.8 Å². The standard InChI is InChI=1S/C16H22N2O2S/c1-2-8-17-15(19)10-18-16(20)11-21-14-7-6-12-4-3-5-13(12)9-14/h6-7,9H,2-5,8,10-11H2,1H3,(H,17,19)(H,18,20). The van der Waals surface area contributed by atoms with Gasteiger partial charge in [0.05, 0.1) is 12.3 Å². The summed E-state index contributed by atoms with van der Waals surface area (Å²) in [5.41, 5.74) is 2.86. The molecule has 1 aliphatic carbocycles. The summed E-state index contributed by atoms with van der Waals surface area (Å²) >= 11 is 1.52. The van der Waals surface area contributed by atoms with Crippen LogP contribution in [0.3, 0.4) is 0 Å². The molecule has 0 saturated heterocycles. The Morgan fingerprint density at radius 3 is 2.76 bits per heavy atom. The molecule has 2 amide bonds. The van der Waals surface area contributed by atoms with E-state index in [1.165, 1.54) is 35.7 Å². The van der Waals surface area contributed by atoms with Crippen molar-refractivity contribution < 1.29 is 9.59 Å². The van der Waals surface area contributed by atoms with E-state index < -0.39 is 0 Å². The third-order valence-electron chi connectivity index (χ3n) is 3.46. The summed E-state index contributed by atoms with van der Waals surface area (Å²) in [4.78, 5) is 24.2. The molecular formula is C16H22N2O2S. The highest BCUT2D eigenvalue weighted by atomic mass is 32.2. The zero-order chi connectivity index (χ0) is 15.1. The maximum atomic E-state index is 11.7. The Balaban J connectivity index is 1.70. The van der Waals surface area contributed by atoms with Crippen LogP contribution in [-0.2, 0) is 22.4 Å². The molecule has 0 spiro atoms. The summed E-state index contributed by atoms with van der Waals surface area (Å²) in [5.74, 6) is 0.111. The SMILES string of the molecule is CCCNC(=O)CNC(=O)CSc1ccc2c(c1)CCC2. The first-order valence-corrected chi connectivity index (χ1v) is 8.45. The van der Waals surface area contributed by atoms with Crippen molar-refractivity contribution >= 4 is 23.6 Å². The number of thioether (sulfide) groups is 1. The smallest absolute Gasteiger partial charge is 0.239 e. The van der Waals surface area contributed by atoms with Gasteiger partial charge < -0.3 is 10.6 Å². The highest BCUT2D eigenvalue weighted by Crippen LogP contribution is 2.27. The van der Waals surface area contributed by atoms with Crippen LogP contribution in [0.15, 0.2) is 23.1 Å².